The Hall–Kier alpha value is -1.91. The number of nitrogens with one attached hydrogen (secondary N) is 1. The Balaban J connectivity index is 2.20. The summed E-state index contributed by atoms with van der Waals surface area (Å²) in [5.41, 5.74) is 0.984. The molecule has 5 nitrogen and oxygen atoms in total. The molecule has 0 atom stereocenters. The summed E-state index contributed by atoms with van der Waals surface area (Å²) in [6.07, 6.45) is 5.91. The van der Waals surface area contributed by atoms with Gasteiger partial charge in [0.05, 0.1) is 6.54 Å². The van der Waals surface area contributed by atoms with E-state index in [0.29, 0.717) is 6.54 Å². The molecule has 0 fully saturated rings. The van der Waals surface area contributed by atoms with Crippen LogP contribution in [0.3, 0.4) is 0 Å². The second-order valence-electron chi connectivity index (χ2n) is 4.56. The van der Waals surface area contributed by atoms with E-state index in [1.807, 2.05) is 25.4 Å². The number of aromatic nitrogens is 4. The van der Waals surface area contributed by atoms with Crippen LogP contribution < -0.4 is 5.32 Å². The molecule has 102 valence electrons. The summed E-state index contributed by atoms with van der Waals surface area (Å²) < 4.78 is 2.12. The van der Waals surface area contributed by atoms with Gasteiger partial charge in [0, 0.05) is 37.1 Å². The van der Waals surface area contributed by atoms with Crippen molar-refractivity contribution in [3.8, 4) is 0 Å². The zero-order valence-electron chi connectivity index (χ0n) is 11.8. The van der Waals surface area contributed by atoms with Gasteiger partial charge in [-0.15, -0.1) is 0 Å². The van der Waals surface area contributed by atoms with Gasteiger partial charge in [-0.1, -0.05) is 6.92 Å². The van der Waals surface area contributed by atoms with E-state index in [9.17, 15) is 0 Å². The van der Waals surface area contributed by atoms with Crippen LogP contribution >= 0.6 is 0 Å². The van der Waals surface area contributed by atoms with Gasteiger partial charge in [0.1, 0.15) is 11.6 Å². The van der Waals surface area contributed by atoms with Crippen molar-refractivity contribution >= 4 is 5.82 Å². The number of imidazole rings is 1. The Labute approximate surface area is 114 Å². The summed E-state index contributed by atoms with van der Waals surface area (Å²) >= 11 is 0. The van der Waals surface area contributed by atoms with E-state index in [-0.39, 0.29) is 0 Å². The first-order valence-electron chi connectivity index (χ1n) is 6.81. The molecule has 1 N–H and O–H groups in total. The SMILES string of the molecule is CCCc1nccn1Cc1nc(C)cc(NCC)n1. The van der Waals surface area contributed by atoms with Crippen LogP contribution in [-0.4, -0.2) is 26.1 Å². The molecule has 2 aromatic heterocycles. The maximum Gasteiger partial charge on any atom is 0.150 e. The van der Waals surface area contributed by atoms with Crippen LogP contribution in [0.25, 0.3) is 0 Å². The van der Waals surface area contributed by atoms with Crippen LogP contribution in [0.15, 0.2) is 18.5 Å². The Morgan fingerprint density at radius 1 is 1.26 bits per heavy atom. The molecule has 0 saturated carbocycles. The fourth-order valence-corrected chi connectivity index (χ4v) is 2.06. The van der Waals surface area contributed by atoms with Gasteiger partial charge in [-0.3, -0.25) is 0 Å². The molecule has 0 bridgehead atoms. The normalized spacial score (nSPS) is 10.7. The predicted molar refractivity (Wildman–Crippen MR) is 76.3 cm³/mol. The van der Waals surface area contributed by atoms with Gasteiger partial charge < -0.3 is 9.88 Å². The average Bonchev–Trinajstić information content (AvgIpc) is 2.77. The fraction of sp³-hybridized carbons (Fsp3) is 0.500. The molecule has 0 aliphatic heterocycles. The Morgan fingerprint density at radius 2 is 2.11 bits per heavy atom. The molecule has 0 unspecified atom stereocenters. The maximum atomic E-state index is 4.53. The van der Waals surface area contributed by atoms with Crippen molar-refractivity contribution in [1.82, 2.24) is 19.5 Å². The maximum absolute atomic E-state index is 4.53. The number of hydrogen-bond donors (Lipinski definition) is 1. The molecule has 2 heterocycles. The van der Waals surface area contributed by atoms with Crippen LogP contribution in [-0.2, 0) is 13.0 Å². The third kappa shape index (κ3) is 3.53. The van der Waals surface area contributed by atoms with Gasteiger partial charge in [-0.05, 0) is 20.3 Å². The molecule has 0 spiro atoms. The molecule has 2 aromatic rings. The molecule has 19 heavy (non-hydrogen) atoms. The van der Waals surface area contributed by atoms with Gasteiger partial charge >= 0.3 is 0 Å². The molecule has 0 radical (unpaired) electrons. The first kappa shape index (κ1) is 13.5. The van der Waals surface area contributed by atoms with Crippen molar-refractivity contribution in [3.63, 3.8) is 0 Å². The lowest BCUT2D eigenvalue weighted by atomic mass is 10.3. The van der Waals surface area contributed by atoms with Crippen LogP contribution in [0.2, 0.25) is 0 Å². The quantitative estimate of drug-likeness (QED) is 0.865. The Kier molecular flexibility index (Phi) is 4.49. The lowest BCUT2D eigenvalue weighted by molar-refractivity contribution is 0.676. The van der Waals surface area contributed by atoms with Crippen molar-refractivity contribution in [2.45, 2.75) is 40.2 Å². The minimum Gasteiger partial charge on any atom is -0.370 e. The van der Waals surface area contributed by atoms with Crippen LogP contribution in [0.5, 0.6) is 0 Å². The van der Waals surface area contributed by atoms with Crippen molar-refractivity contribution < 1.29 is 0 Å². The van der Waals surface area contributed by atoms with E-state index in [4.69, 9.17) is 0 Å². The summed E-state index contributed by atoms with van der Waals surface area (Å²) in [5.74, 6) is 2.81. The van der Waals surface area contributed by atoms with E-state index in [2.05, 4.69) is 38.7 Å². The molecular formula is C14H21N5. The number of hydrogen-bond acceptors (Lipinski definition) is 4. The minimum absolute atomic E-state index is 0.676. The topological polar surface area (TPSA) is 55.6 Å². The third-order valence-corrected chi connectivity index (χ3v) is 2.85. The highest BCUT2D eigenvalue weighted by atomic mass is 15.1. The summed E-state index contributed by atoms with van der Waals surface area (Å²) in [6.45, 7) is 7.75. The fourth-order valence-electron chi connectivity index (χ4n) is 2.06. The van der Waals surface area contributed by atoms with E-state index in [1.165, 1.54) is 0 Å². The second-order valence-corrected chi connectivity index (χ2v) is 4.56. The first-order valence-corrected chi connectivity index (χ1v) is 6.81. The molecule has 0 aromatic carbocycles. The van der Waals surface area contributed by atoms with Crippen LogP contribution in [0.1, 0.15) is 37.6 Å². The van der Waals surface area contributed by atoms with Gasteiger partial charge in [-0.25, -0.2) is 15.0 Å². The Morgan fingerprint density at radius 3 is 2.84 bits per heavy atom. The molecular weight excluding hydrogens is 238 g/mol. The number of rotatable bonds is 6. The smallest absolute Gasteiger partial charge is 0.150 e. The highest BCUT2D eigenvalue weighted by Gasteiger charge is 2.06. The molecule has 0 aliphatic carbocycles. The number of aryl methyl sites for hydroxylation is 2. The zero-order chi connectivity index (χ0) is 13.7. The second kappa shape index (κ2) is 6.31. The largest absolute Gasteiger partial charge is 0.370 e. The van der Waals surface area contributed by atoms with Gasteiger partial charge in [0.2, 0.25) is 0 Å². The van der Waals surface area contributed by atoms with E-state index in [0.717, 1.165) is 42.5 Å². The molecule has 2 rings (SSSR count). The molecule has 0 saturated heterocycles. The number of anilines is 1. The summed E-state index contributed by atoms with van der Waals surface area (Å²) in [7, 11) is 0. The minimum atomic E-state index is 0.676. The van der Waals surface area contributed by atoms with Crippen molar-refractivity contribution in [2.24, 2.45) is 0 Å². The summed E-state index contributed by atoms with van der Waals surface area (Å²) in [5, 5.41) is 3.23. The van der Waals surface area contributed by atoms with Crippen LogP contribution in [0, 0.1) is 6.92 Å². The van der Waals surface area contributed by atoms with Gasteiger partial charge in [0.15, 0.2) is 5.82 Å². The van der Waals surface area contributed by atoms with Crippen molar-refractivity contribution in [1.29, 1.82) is 0 Å². The average molecular weight is 259 g/mol. The molecule has 0 amide bonds. The van der Waals surface area contributed by atoms with E-state index in [1.54, 1.807) is 0 Å². The lowest BCUT2D eigenvalue weighted by Gasteiger charge is -2.09. The molecule has 5 heteroatoms. The van der Waals surface area contributed by atoms with Crippen molar-refractivity contribution in [2.75, 3.05) is 11.9 Å². The first-order chi connectivity index (χ1) is 9.22. The van der Waals surface area contributed by atoms with Gasteiger partial charge in [-0.2, -0.15) is 0 Å². The molecule has 0 aliphatic rings. The Bertz CT molecular complexity index is 532. The zero-order valence-corrected chi connectivity index (χ0v) is 11.8. The van der Waals surface area contributed by atoms with E-state index >= 15 is 0 Å². The van der Waals surface area contributed by atoms with Crippen LogP contribution in [0.4, 0.5) is 5.82 Å². The monoisotopic (exact) mass is 259 g/mol. The summed E-state index contributed by atoms with van der Waals surface area (Å²) in [4.78, 5) is 13.4. The van der Waals surface area contributed by atoms with Crippen molar-refractivity contribution in [3.05, 3.63) is 35.8 Å². The predicted octanol–water partition coefficient (Wildman–Crippen LogP) is 2.41. The highest BCUT2D eigenvalue weighted by Crippen LogP contribution is 2.09. The lowest BCUT2D eigenvalue weighted by Crippen LogP contribution is -2.10. The number of nitrogens with zero attached hydrogens (tertiary/aromatic N) is 4. The van der Waals surface area contributed by atoms with Gasteiger partial charge in [0.25, 0.3) is 0 Å². The van der Waals surface area contributed by atoms with E-state index < -0.39 is 0 Å². The summed E-state index contributed by atoms with van der Waals surface area (Å²) in [6, 6.07) is 1.97. The highest BCUT2D eigenvalue weighted by molar-refractivity contribution is 5.35. The third-order valence-electron chi connectivity index (χ3n) is 2.85. The standard InChI is InChI=1S/C14H21N5/c1-4-6-14-16-7-8-19(14)10-13-17-11(3)9-12(18-13)15-5-2/h7-9H,4-6,10H2,1-3H3,(H,15,17,18).